The van der Waals surface area contributed by atoms with Gasteiger partial charge in [-0.15, -0.1) is 0 Å². The second kappa shape index (κ2) is 7.46. The molecular weight excluding hydrogens is 410 g/mol. The van der Waals surface area contributed by atoms with E-state index in [1.165, 1.54) is 22.3 Å². The van der Waals surface area contributed by atoms with Crippen molar-refractivity contribution in [1.82, 2.24) is 14.6 Å². The van der Waals surface area contributed by atoms with Crippen molar-refractivity contribution in [2.45, 2.75) is 24.7 Å². The summed E-state index contributed by atoms with van der Waals surface area (Å²) in [4.78, 5) is 0.360. The monoisotopic (exact) mass is 426 g/mol. The van der Waals surface area contributed by atoms with Gasteiger partial charge in [0.1, 0.15) is 0 Å². The molecule has 3 aromatic rings. The summed E-state index contributed by atoms with van der Waals surface area (Å²) in [6, 6.07) is 8.97. The van der Waals surface area contributed by atoms with Gasteiger partial charge in [0, 0.05) is 10.9 Å². The first kappa shape index (κ1) is 20.2. The third-order valence-electron chi connectivity index (χ3n) is 4.26. The zero-order valence-electron chi connectivity index (χ0n) is 14.9. The predicted octanol–water partition coefficient (Wildman–Crippen LogP) is 2.70. The molecule has 28 heavy (non-hydrogen) atoms. The van der Waals surface area contributed by atoms with Crippen LogP contribution in [-0.4, -0.2) is 19.2 Å². The van der Waals surface area contributed by atoms with Crippen molar-refractivity contribution >= 4 is 39.3 Å². The number of nitrogens with one attached hydrogen (secondary N) is 1. The number of hydrazine groups is 1. The van der Waals surface area contributed by atoms with E-state index in [0.29, 0.717) is 26.6 Å². The van der Waals surface area contributed by atoms with Crippen LogP contribution in [0.15, 0.2) is 46.4 Å². The summed E-state index contributed by atoms with van der Waals surface area (Å²) in [5.41, 5.74) is 2.84. The van der Waals surface area contributed by atoms with E-state index in [2.05, 4.69) is 10.2 Å². The van der Waals surface area contributed by atoms with Gasteiger partial charge in [-0.05, 0) is 31.5 Å². The zero-order chi connectivity index (χ0) is 20.6. The number of hydrogen-bond acceptors (Lipinski definition) is 5. The van der Waals surface area contributed by atoms with Crippen LogP contribution in [0.5, 0.6) is 0 Å². The summed E-state index contributed by atoms with van der Waals surface area (Å²) in [6.45, 7) is 3.45. The molecule has 3 rings (SSSR count). The number of aromatic nitrogens is 2. The van der Waals surface area contributed by atoms with Gasteiger partial charge >= 0.3 is 5.92 Å². The molecule has 0 saturated heterocycles. The third-order valence-corrected chi connectivity index (χ3v) is 6.17. The fraction of sp³-hybridized carbons (Fsp3) is 0.176. The number of nitrogens with zero attached hydrogens (tertiary/aromatic N) is 3. The molecule has 1 unspecified atom stereocenters. The zero-order valence-corrected chi connectivity index (χ0v) is 16.5. The summed E-state index contributed by atoms with van der Waals surface area (Å²) >= 11 is 6.21. The molecule has 0 bridgehead atoms. The fourth-order valence-corrected chi connectivity index (χ4v) is 4.53. The molecular formula is C17H17ClF2N6OS. The second-order valence-electron chi connectivity index (χ2n) is 6.02. The van der Waals surface area contributed by atoms with Crippen LogP contribution in [0.25, 0.3) is 10.9 Å². The van der Waals surface area contributed by atoms with Crippen molar-refractivity contribution in [3.8, 4) is 0 Å². The molecule has 0 radical (unpaired) electrons. The predicted molar refractivity (Wildman–Crippen MR) is 105 cm³/mol. The number of hydrazone groups is 1. The Morgan fingerprint density at radius 1 is 1.32 bits per heavy atom. The van der Waals surface area contributed by atoms with Crippen LogP contribution in [0.2, 0.25) is 5.02 Å². The van der Waals surface area contributed by atoms with Crippen LogP contribution >= 0.6 is 11.6 Å². The van der Waals surface area contributed by atoms with Crippen LogP contribution in [0.4, 0.5) is 8.78 Å². The Kier molecular flexibility index (Phi) is 5.37. The normalized spacial score (nSPS) is 13.7. The lowest BCUT2D eigenvalue weighted by atomic mass is 10.1. The van der Waals surface area contributed by atoms with Gasteiger partial charge in [0.25, 0.3) is 0 Å². The summed E-state index contributed by atoms with van der Waals surface area (Å²) < 4.78 is 43.7. The number of hydrogen-bond donors (Lipinski definition) is 3. The van der Waals surface area contributed by atoms with Gasteiger partial charge < -0.3 is 11.3 Å². The molecule has 5 N–H and O–H groups in total. The van der Waals surface area contributed by atoms with Crippen molar-refractivity contribution in [3.05, 3.63) is 58.2 Å². The first-order valence-electron chi connectivity index (χ1n) is 8.02. The summed E-state index contributed by atoms with van der Waals surface area (Å²) in [7, 11) is -1.84. The van der Waals surface area contributed by atoms with Crippen LogP contribution in [-0.2, 0) is 16.9 Å². The average Bonchev–Trinajstić information content (AvgIpc) is 2.98. The topological polar surface area (TPSA) is 111 Å². The first-order chi connectivity index (χ1) is 13.2. The molecule has 1 heterocycles. The molecule has 11 heteroatoms. The molecule has 0 spiro atoms. The summed E-state index contributed by atoms with van der Waals surface area (Å²) in [6.07, 6.45) is 0. The molecule has 7 nitrogen and oxygen atoms in total. The standard InChI is InChI=1S/C17H17ClF2N6OS/c1-9-4-3-5-13(18)15(9)28(27)26-14-8-11(6-7-12(14)10(2)25-26)17(19,20)16(23-21)24-22/h3-8H,21-22H2,1-2H3,(H,23,24). The van der Waals surface area contributed by atoms with Crippen molar-refractivity contribution in [1.29, 1.82) is 0 Å². The molecule has 0 saturated carbocycles. The Balaban J connectivity index is 2.21. The molecule has 0 aliphatic carbocycles. The van der Waals surface area contributed by atoms with Crippen molar-refractivity contribution in [3.63, 3.8) is 0 Å². The minimum absolute atomic E-state index is 0.251. The lowest BCUT2D eigenvalue weighted by Crippen LogP contribution is -2.43. The fourth-order valence-electron chi connectivity index (χ4n) is 2.83. The van der Waals surface area contributed by atoms with Gasteiger partial charge in [-0.2, -0.15) is 23.1 Å². The SMILES string of the molecule is Cc1cccc(Cl)c1S(=O)n1nc(C)c2ccc(C(F)(F)/C(=N/N)NN)cc21. The van der Waals surface area contributed by atoms with Gasteiger partial charge in [-0.3, -0.25) is 0 Å². The van der Waals surface area contributed by atoms with Crippen LogP contribution in [0, 0.1) is 13.8 Å². The van der Waals surface area contributed by atoms with E-state index in [0.717, 1.165) is 0 Å². The number of fused-ring (bicyclic) bond motifs is 1. The third kappa shape index (κ3) is 3.23. The van der Waals surface area contributed by atoms with E-state index in [9.17, 15) is 13.0 Å². The summed E-state index contributed by atoms with van der Waals surface area (Å²) in [5, 5.41) is 8.14. The maximum Gasteiger partial charge on any atom is 0.332 e. The molecule has 2 aromatic carbocycles. The van der Waals surface area contributed by atoms with Gasteiger partial charge in [-0.25, -0.2) is 10.1 Å². The molecule has 0 amide bonds. The molecule has 0 fully saturated rings. The number of halogens is 3. The molecule has 1 aromatic heterocycles. The maximum absolute atomic E-state index is 14.7. The lowest BCUT2D eigenvalue weighted by molar-refractivity contribution is 0.0714. The van der Waals surface area contributed by atoms with Gasteiger partial charge in [0.2, 0.25) is 5.84 Å². The quantitative estimate of drug-likeness (QED) is 0.257. The largest absolute Gasteiger partial charge is 0.332 e. The van der Waals surface area contributed by atoms with Crippen LogP contribution in [0.3, 0.4) is 0 Å². The van der Waals surface area contributed by atoms with E-state index in [-0.39, 0.29) is 5.52 Å². The molecule has 0 aliphatic heterocycles. The highest BCUT2D eigenvalue weighted by molar-refractivity contribution is 7.83. The van der Waals surface area contributed by atoms with Crippen LogP contribution in [0.1, 0.15) is 16.8 Å². The van der Waals surface area contributed by atoms with E-state index in [1.54, 1.807) is 37.5 Å². The van der Waals surface area contributed by atoms with Crippen molar-refractivity contribution in [2.75, 3.05) is 0 Å². The molecule has 0 aliphatic rings. The second-order valence-corrected chi connectivity index (χ2v) is 7.68. The number of rotatable bonds is 4. The number of nitrogens with two attached hydrogens (primary N) is 2. The Bertz CT molecular complexity index is 1090. The minimum Gasteiger partial charge on any atom is -0.321 e. The summed E-state index contributed by atoms with van der Waals surface area (Å²) in [5.74, 6) is 5.60. The maximum atomic E-state index is 14.7. The van der Waals surface area contributed by atoms with E-state index < -0.39 is 28.3 Å². The molecule has 148 valence electrons. The van der Waals surface area contributed by atoms with E-state index in [1.807, 2.05) is 0 Å². The van der Waals surface area contributed by atoms with E-state index >= 15 is 0 Å². The van der Waals surface area contributed by atoms with Gasteiger partial charge in [-0.1, -0.05) is 35.9 Å². The number of aryl methyl sites for hydroxylation is 2. The Hall–Kier alpha value is -2.56. The Labute approximate surface area is 166 Å². The smallest absolute Gasteiger partial charge is 0.321 e. The Morgan fingerprint density at radius 3 is 2.64 bits per heavy atom. The highest BCUT2D eigenvalue weighted by Crippen LogP contribution is 2.33. The van der Waals surface area contributed by atoms with Crippen molar-refractivity contribution < 1.29 is 13.0 Å². The minimum atomic E-state index is -3.58. The van der Waals surface area contributed by atoms with Gasteiger partial charge in [0.15, 0.2) is 11.0 Å². The number of benzene rings is 2. The van der Waals surface area contributed by atoms with Crippen molar-refractivity contribution in [2.24, 2.45) is 16.8 Å². The Morgan fingerprint density at radius 2 is 2.04 bits per heavy atom. The van der Waals surface area contributed by atoms with E-state index in [4.69, 9.17) is 23.3 Å². The first-order valence-corrected chi connectivity index (χ1v) is 9.50. The van der Waals surface area contributed by atoms with Crippen LogP contribution < -0.4 is 17.1 Å². The lowest BCUT2D eigenvalue weighted by Gasteiger charge is -2.18. The number of amidine groups is 1. The highest BCUT2D eigenvalue weighted by Gasteiger charge is 2.39. The average molecular weight is 427 g/mol. The highest BCUT2D eigenvalue weighted by atomic mass is 35.5. The van der Waals surface area contributed by atoms with Gasteiger partial charge in [0.05, 0.1) is 21.1 Å². The molecule has 1 atom stereocenters. The number of alkyl halides is 2.